The molecule has 3 nitrogen and oxygen atoms in total. The Bertz CT molecular complexity index is 1100. The Morgan fingerprint density at radius 3 is 2.81 bits per heavy atom. The van der Waals surface area contributed by atoms with E-state index in [9.17, 15) is 0 Å². The normalized spacial score (nSPS) is 14.7. The fraction of sp³-hybridized carbons (Fsp3) is 0.182. The topological polar surface area (TPSA) is 31.1 Å². The quantitative estimate of drug-likeness (QED) is 0.478. The van der Waals surface area contributed by atoms with Crippen LogP contribution in [0.2, 0.25) is 0 Å². The number of benzene rings is 3. The summed E-state index contributed by atoms with van der Waals surface area (Å²) in [5.74, 6) is 0. The molecule has 4 aromatic rings. The molecule has 26 heavy (non-hydrogen) atoms. The van der Waals surface area contributed by atoms with Crippen molar-refractivity contribution >= 4 is 39.3 Å². The third-order valence-electron chi connectivity index (χ3n) is 5.20. The molecule has 0 fully saturated rings. The number of nitrogens with one attached hydrogen (secondary N) is 2. The summed E-state index contributed by atoms with van der Waals surface area (Å²) in [5, 5.41) is 3.91. The summed E-state index contributed by atoms with van der Waals surface area (Å²) in [6.07, 6.45) is 1.12. The Balaban J connectivity index is 1.45. The Labute approximate surface area is 157 Å². The summed E-state index contributed by atoms with van der Waals surface area (Å²) in [6.45, 7) is 2.13. The fourth-order valence-electron chi connectivity index (χ4n) is 3.83. The molecule has 130 valence electrons. The first-order chi connectivity index (χ1) is 12.8. The van der Waals surface area contributed by atoms with Gasteiger partial charge in [-0.05, 0) is 60.0 Å². The molecule has 0 aliphatic carbocycles. The van der Waals surface area contributed by atoms with E-state index in [1.165, 1.54) is 37.8 Å². The van der Waals surface area contributed by atoms with Crippen molar-refractivity contribution in [1.82, 2.24) is 9.88 Å². The van der Waals surface area contributed by atoms with Gasteiger partial charge in [-0.3, -0.25) is 0 Å². The number of aromatic amines is 1. The molecule has 1 aliphatic rings. The molecule has 0 saturated heterocycles. The number of anilines is 1. The van der Waals surface area contributed by atoms with Crippen LogP contribution in [-0.2, 0) is 13.0 Å². The molecule has 5 rings (SSSR count). The lowest BCUT2D eigenvalue weighted by molar-refractivity contribution is 0.310. The lowest BCUT2D eigenvalue weighted by atomic mass is 10.0. The summed E-state index contributed by atoms with van der Waals surface area (Å²) in [7, 11) is 2.18. The largest absolute Gasteiger partial charge is 0.355 e. The average molecular weight is 359 g/mol. The van der Waals surface area contributed by atoms with Gasteiger partial charge in [0.25, 0.3) is 0 Å². The van der Waals surface area contributed by atoms with Gasteiger partial charge in [-0.1, -0.05) is 42.5 Å². The smallest absolute Gasteiger partial charge is 0.0703 e. The monoisotopic (exact) mass is 359 g/mol. The molecule has 0 unspecified atom stereocenters. The highest BCUT2D eigenvalue weighted by molar-refractivity contribution is 8.00. The Morgan fingerprint density at radius 1 is 1.00 bits per heavy atom. The standard InChI is InChI=1S/C22H21N3S/c1-25-12-11-18-19-7-4-8-20(22(19)23-21(18)14-25)24-26-17-10-9-15-5-2-3-6-16(15)13-17/h2-10,13,23-24H,11-12,14H2,1H3. The first kappa shape index (κ1) is 15.8. The summed E-state index contributed by atoms with van der Waals surface area (Å²) in [6, 6.07) is 21.6. The number of likely N-dealkylation sites (N-methyl/N-ethyl adjacent to an activating group) is 1. The summed E-state index contributed by atoms with van der Waals surface area (Å²) >= 11 is 1.67. The molecule has 3 aromatic carbocycles. The maximum absolute atomic E-state index is 3.66. The van der Waals surface area contributed by atoms with Gasteiger partial charge < -0.3 is 14.6 Å². The number of rotatable bonds is 3. The zero-order valence-corrected chi connectivity index (χ0v) is 15.6. The van der Waals surface area contributed by atoms with E-state index in [4.69, 9.17) is 0 Å². The molecular formula is C22H21N3S. The minimum Gasteiger partial charge on any atom is -0.355 e. The van der Waals surface area contributed by atoms with Gasteiger partial charge in [0.05, 0.1) is 11.2 Å². The molecule has 0 saturated carbocycles. The Hall–Kier alpha value is -2.43. The van der Waals surface area contributed by atoms with Gasteiger partial charge in [0, 0.05) is 29.1 Å². The Kier molecular flexibility index (Phi) is 3.88. The van der Waals surface area contributed by atoms with Crippen molar-refractivity contribution in [3.63, 3.8) is 0 Å². The number of nitrogens with zero attached hydrogens (tertiary/aromatic N) is 1. The second-order valence-corrected chi connectivity index (χ2v) is 7.89. The van der Waals surface area contributed by atoms with Crippen LogP contribution in [-0.4, -0.2) is 23.5 Å². The average Bonchev–Trinajstić information content (AvgIpc) is 3.04. The molecule has 1 aliphatic heterocycles. The van der Waals surface area contributed by atoms with Crippen LogP contribution in [0.15, 0.2) is 65.6 Å². The first-order valence-electron chi connectivity index (χ1n) is 9.00. The lowest BCUT2D eigenvalue weighted by Gasteiger charge is -2.22. The van der Waals surface area contributed by atoms with Gasteiger partial charge in [-0.25, -0.2) is 0 Å². The van der Waals surface area contributed by atoms with Gasteiger partial charge in [-0.2, -0.15) is 0 Å². The van der Waals surface area contributed by atoms with Crippen LogP contribution in [0.4, 0.5) is 5.69 Å². The zero-order valence-electron chi connectivity index (χ0n) is 14.8. The fourth-order valence-corrected chi connectivity index (χ4v) is 4.55. The molecule has 4 heteroatoms. The highest BCUT2D eigenvalue weighted by atomic mass is 32.2. The second-order valence-electron chi connectivity index (χ2n) is 7.01. The number of fused-ring (bicyclic) bond motifs is 4. The van der Waals surface area contributed by atoms with E-state index in [2.05, 4.69) is 82.3 Å². The van der Waals surface area contributed by atoms with Crippen LogP contribution < -0.4 is 4.72 Å². The van der Waals surface area contributed by atoms with Crippen molar-refractivity contribution in [3.05, 3.63) is 71.9 Å². The number of hydrogen-bond donors (Lipinski definition) is 2. The number of hydrogen-bond acceptors (Lipinski definition) is 3. The van der Waals surface area contributed by atoms with E-state index in [0.717, 1.165) is 25.2 Å². The minimum atomic E-state index is 1.00. The number of para-hydroxylation sites is 1. The highest BCUT2D eigenvalue weighted by Crippen LogP contribution is 2.33. The van der Waals surface area contributed by atoms with E-state index in [1.54, 1.807) is 11.9 Å². The lowest BCUT2D eigenvalue weighted by Crippen LogP contribution is -2.26. The molecule has 2 N–H and O–H groups in total. The molecule has 0 radical (unpaired) electrons. The van der Waals surface area contributed by atoms with Gasteiger partial charge in [0.2, 0.25) is 0 Å². The van der Waals surface area contributed by atoms with Crippen LogP contribution in [0.5, 0.6) is 0 Å². The van der Waals surface area contributed by atoms with Crippen LogP contribution >= 0.6 is 11.9 Å². The predicted molar refractivity (Wildman–Crippen MR) is 112 cm³/mol. The molecule has 1 aromatic heterocycles. The number of aromatic nitrogens is 1. The van der Waals surface area contributed by atoms with E-state index in [-0.39, 0.29) is 0 Å². The molecule has 0 spiro atoms. The van der Waals surface area contributed by atoms with Crippen LogP contribution in [0, 0.1) is 0 Å². The van der Waals surface area contributed by atoms with Crippen LogP contribution in [0.25, 0.3) is 21.7 Å². The molecule has 0 bridgehead atoms. The van der Waals surface area contributed by atoms with Gasteiger partial charge in [0.1, 0.15) is 0 Å². The zero-order chi connectivity index (χ0) is 17.5. The van der Waals surface area contributed by atoms with Crippen molar-refractivity contribution in [2.75, 3.05) is 18.3 Å². The van der Waals surface area contributed by atoms with E-state index in [1.807, 2.05) is 0 Å². The minimum absolute atomic E-state index is 1.00. The third-order valence-corrected chi connectivity index (χ3v) is 6.01. The molecule has 2 heterocycles. The van der Waals surface area contributed by atoms with Crippen molar-refractivity contribution < 1.29 is 0 Å². The Morgan fingerprint density at radius 2 is 1.88 bits per heavy atom. The SMILES string of the molecule is CN1CCc2c([nH]c3c(NSc4ccc5ccccc5c4)cccc23)C1. The molecular weight excluding hydrogens is 338 g/mol. The molecule has 0 atom stereocenters. The molecule has 0 amide bonds. The van der Waals surface area contributed by atoms with Crippen molar-refractivity contribution in [3.8, 4) is 0 Å². The summed E-state index contributed by atoms with van der Waals surface area (Å²) < 4.78 is 3.56. The van der Waals surface area contributed by atoms with Gasteiger partial charge in [0.15, 0.2) is 0 Å². The maximum Gasteiger partial charge on any atom is 0.0703 e. The van der Waals surface area contributed by atoms with Gasteiger partial charge >= 0.3 is 0 Å². The van der Waals surface area contributed by atoms with E-state index >= 15 is 0 Å². The predicted octanol–water partition coefficient (Wildman–Crippen LogP) is 5.43. The maximum atomic E-state index is 3.66. The van der Waals surface area contributed by atoms with Crippen LogP contribution in [0.3, 0.4) is 0 Å². The summed E-state index contributed by atoms with van der Waals surface area (Å²) in [5.41, 5.74) is 5.22. The number of H-pyrrole nitrogens is 1. The van der Waals surface area contributed by atoms with Crippen molar-refractivity contribution in [2.24, 2.45) is 0 Å². The first-order valence-corrected chi connectivity index (χ1v) is 9.82. The van der Waals surface area contributed by atoms with E-state index in [0.29, 0.717) is 0 Å². The highest BCUT2D eigenvalue weighted by Gasteiger charge is 2.19. The second kappa shape index (κ2) is 6.38. The van der Waals surface area contributed by atoms with E-state index < -0.39 is 0 Å². The van der Waals surface area contributed by atoms with Gasteiger partial charge in [-0.15, -0.1) is 0 Å². The summed E-state index contributed by atoms with van der Waals surface area (Å²) in [4.78, 5) is 7.25. The van der Waals surface area contributed by atoms with Crippen molar-refractivity contribution in [2.45, 2.75) is 17.9 Å². The van der Waals surface area contributed by atoms with Crippen LogP contribution in [0.1, 0.15) is 11.3 Å². The third kappa shape index (κ3) is 2.75. The van der Waals surface area contributed by atoms with Crippen molar-refractivity contribution in [1.29, 1.82) is 0 Å².